The van der Waals surface area contributed by atoms with Gasteiger partial charge in [0, 0.05) is 24.6 Å². The third-order valence-corrected chi connectivity index (χ3v) is 6.73. The normalized spacial score (nSPS) is 21.2. The van der Waals surface area contributed by atoms with Gasteiger partial charge in [0.1, 0.15) is 6.07 Å². The van der Waals surface area contributed by atoms with E-state index in [9.17, 15) is 13.2 Å². The zero-order valence-electron chi connectivity index (χ0n) is 14.6. The first kappa shape index (κ1) is 18.4. The van der Waals surface area contributed by atoms with E-state index >= 15 is 0 Å². The maximum absolute atomic E-state index is 12.8. The zero-order valence-corrected chi connectivity index (χ0v) is 15.4. The summed E-state index contributed by atoms with van der Waals surface area (Å²) in [5.41, 5.74) is 0.701. The molecule has 1 fully saturated rings. The molecule has 8 heteroatoms. The number of nitrogens with zero attached hydrogens (tertiary/aromatic N) is 2. The van der Waals surface area contributed by atoms with Gasteiger partial charge in [-0.2, -0.15) is 9.57 Å². The number of hydrogen-bond acceptors (Lipinski definition) is 5. The number of carbonyl (C=O) groups excluding carboxylic acids is 1. The van der Waals surface area contributed by atoms with Crippen molar-refractivity contribution in [3.8, 4) is 6.07 Å². The van der Waals surface area contributed by atoms with E-state index in [0.717, 1.165) is 19.3 Å². The third kappa shape index (κ3) is 3.59. The molecule has 0 radical (unpaired) electrons. The van der Waals surface area contributed by atoms with Crippen LogP contribution in [0, 0.1) is 11.3 Å². The lowest BCUT2D eigenvalue weighted by atomic mass is 10.1. The van der Waals surface area contributed by atoms with Gasteiger partial charge < -0.3 is 4.74 Å². The molecule has 0 unspecified atom stereocenters. The Morgan fingerprint density at radius 3 is 2.69 bits per heavy atom. The number of nitriles is 1. The summed E-state index contributed by atoms with van der Waals surface area (Å²) < 4.78 is 32.4. The second kappa shape index (κ2) is 7.48. The molecule has 0 saturated carbocycles. The number of hydrogen-bond donors (Lipinski definition) is 1. The second-order valence-electron chi connectivity index (χ2n) is 6.46. The molecule has 0 aliphatic carbocycles. The summed E-state index contributed by atoms with van der Waals surface area (Å²) in [6, 6.07) is 7.81. The van der Waals surface area contributed by atoms with Gasteiger partial charge in [0.15, 0.2) is 0 Å². The highest BCUT2D eigenvalue weighted by Gasteiger charge is 2.31. The maximum Gasteiger partial charge on any atom is 0.257 e. The Morgan fingerprint density at radius 1 is 1.31 bits per heavy atom. The first-order valence-corrected chi connectivity index (χ1v) is 10.1. The predicted molar refractivity (Wildman–Crippen MR) is 94.3 cm³/mol. The fourth-order valence-corrected chi connectivity index (χ4v) is 4.89. The van der Waals surface area contributed by atoms with Crippen molar-refractivity contribution >= 4 is 15.9 Å². The molecule has 0 aromatic heterocycles. The van der Waals surface area contributed by atoms with Crippen LogP contribution in [0.15, 0.2) is 40.6 Å². The zero-order chi connectivity index (χ0) is 18.7. The monoisotopic (exact) mass is 375 g/mol. The minimum Gasteiger partial charge on any atom is -0.478 e. The molecule has 0 bridgehead atoms. The fraction of sp³-hybridized carbons (Fsp3) is 0.444. The predicted octanol–water partition coefficient (Wildman–Crippen LogP) is 2.13. The maximum atomic E-state index is 12.8. The lowest BCUT2D eigenvalue weighted by Crippen LogP contribution is -2.41. The largest absolute Gasteiger partial charge is 0.478 e. The first-order chi connectivity index (χ1) is 12.4. The van der Waals surface area contributed by atoms with Crippen molar-refractivity contribution < 1.29 is 17.9 Å². The van der Waals surface area contributed by atoms with Gasteiger partial charge in [-0.05, 0) is 44.0 Å². The van der Waals surface area contributed by atoms with Gasteiger partial charge in [0.05, 0.1) is 17.1 Å². The Hall–Kier alpha value is -2.37. The molecule has 1 atom stereocenters. The molecule has 7 nitrogen and oxygen atoms in total. The highest BCUT2D eigenvalue weighted by molar-refractivity contribution is 7.89. The molecule has 0 spiro atoms. The Morgan fingerprint density at radius 2 is 2.04 bits per heavy atom. The molecule has 2 aliphatic rings. The van der Waals surface area contributed by atoms with Crippen LogP contribution in [0.25, 0.3) is 0 Å². The van der Waals surface area contributed by atoms with Crippen molar-refractivity contribution in [2.24, 2.45) is 0 Å². The van der Waals surface area contributed by atoms with E-state index in [1.165, 1.54) is 28.6 Å². The molecule has 1 amide bonds. The van der Waals surface area contributed by atoms with Gasteiger partial charge in [-0.15, -0.1) is 0 Å². The average Bonchev–Trinajstić information content (AvgIpc) is 3.09. The number of carbonyl (C=O) groups is 1. The van der Waals surface area contributed by atoms with Crippen LogP contribution in [0.1, 0.15) is 43.0 Å². The van der Waals surface area contributed by atoms with Crippen LogP contribution >= 0.6 is 0 Å². The van der Waals surface area contributed by atoms with E-state index < -0.39 is 15.9 Å². The van der Waals surface area contributed by atoms with Crippen molar-refractivity contribution in [2.45, 2.75) is 43.5 Å². The highest BCUT2D eigenvalue weighted by atomic mass is 32.2. The van der Waals surface area contributed by atoms with Gasteiger partial charge in [0.2, 0.25) is 15.9 Å². The van der Waals surface area contributed by atoms with E-state index in [4.69, 9.17) is 10.00 Å². The second-order valence-corrected chi connectivity index (χ2v) is 8.35. The number of sulfonamides is 1. The van der Waals surface area contributed by atoms with Crippen molar-refractivity contribution in [1.29, 1.82) is 5.26 Å². The molecule has 1 saturated heterocycles. The number of benzene rings is 1. The van der Waals surface area contributed by atoms with Crippen molar-refractivity contribution in [2.75, 3.05) is 13.2 Å². The summed E-state index contributed by atoms with van der Waals surface area (Å²) in [7, 11) is -3.56. The number of rotatable bonds is 4. The van der Waals surface area contributed by atoms with Crippen LogP contribution in [-0.2, 0) is 14.8 Å². The summed E-state index contributed by atoms with van der Waals surface area (Å²) >= 11 is 0. The Bertz CT molecular complexity index is 869. The average molecular weight is 375 g/mol. The fourth-order valence-electron chi connectivity index (χ4n) is 3.19. The smallest absolute Gasteiger partial charge is 0.257 e. The van der Waals surface area contributed by atoms with Crippen molar-refractivity contribution in [1.82, 2.24) is 9.62 Å². The highest BCUT2D eigenvalue weighted by Crippen LogP contribution is 2.25. The van der Waals surface area contributed by atoms with Gasteiger partial charge in [-0.25, -0.2) is 8.42 Å². The minimum absolute atomic E-state index is 0.0208. The summed E-state index contributed by atoms with van der Waals surface area (Å²) in [6.07, 6.45) is 3.22. The molecular weight excluding hydrogens is 354 g/mol. The molecule has 2 heterocycles. The lowest BCUT2D eigenvalue weighted by Gasteiger charge is -2.32. The molecule has 1 aromatic rings. The molecule has 2 aliphatic heterocycles. The van der Waals surface area contributed by atoms with Gasteiger partial charge in [-0.3, -0.25) is 10.1 Å². The van der Waals surface area contributed by atoms with Gasteiger partial charge in [0.25, 0.3) is 5.91 Å². The van der Waals surface area contributed by atoms with E-state index in [1.807, 2.05) is 13.0 Å². The summed E-state index contributed by atoms with van der Waals surface area (Å²) in [4.78, 5) is 12.5. The summed E-state index contributed by atoms with van der Waals surface area (Å²) in [5.74, 6) is -0.263. The molecule has 1 N–H and O–H groups in total. The quantitative estimate of drug-likeness (QED) is 0.869. The van der Waals surface area contributed by atoms with Crippen molar-refractivity contribution in [3.05, 3.63) is 41.3 Å². The number of amides is 1. The van der Waals surface area contributed by atoms with E-state index in [2.05, 4.69) is 5.32 Å². The topological polar surface area (TPSA) is 99.5 Å². The van der Waals surface area contributed by atoms with E-state index in [-0.39, 0.29) is 16.8 Å². The van der Waals surface area contributed by atoms with Crippen molar-refractivity contribution in [3.63, 3.8) is 0 Å². The van der Waals surface area contributed by atoms with Gasteiger partial charge in [-0.1, -0.05) is 6.42 Å². The third-order valence-electron chi connectivity index (χ3n) is 4.70. The SMILES string of the molecule is C[C@@H]1CCCCN1S(=O)(=O)c1ccc(C(=O)NC2=C(C#N)CCO2)cc1. The standard InChI is InChI=1S/C18H21N3O4S/c1-13-4-2-3-10-21(13)26(23,24)16-7-5-14(6-8-16)17(22)20-18-15(12-19)9-11-25-18/h5-8,13H,2-4,9-11H2,1H3,(H,20,22)/t13-/m1/s1. The molecule has 3 rings (SSSR count). The molecule has 26 heavy (non-hydrogen) atoms. The number of piperidine rings is 1. The van der Waals surface area contributed by atoms with Crippen LogP contribution in [0.5, 0.6) is 0 Å². The van der Waals surface area contributed by atoms with Crippen LogP contribution in [-0.4, -0.2) is 37.8 Å². The molecule has 138 valence electrons. The first-order valence-electron chi connectivity index (χ1n) is 8.63. The lowest BCUT2D eigenvalue weighted by molar-refractivity contribution is 0.0930. The molecule has 1 aromatic carbocycles. The van der Waals surface area contributed by atoms with E-state index in [1.54, 1.807) is 0 Å². The van der Waals surface area contributed by atoms with Crippen LogP contribution in [0.4, 0.5) is 0 Å². The Labute approximate surface area is 153 Å². The summed E-state index contributed by atoms with van der Waals surface area (Å²) in [6.45, 7) is 2.80. The van der Waals surface area contributed by atoms with E-state index in [0.29, 0.717) is 30.7 Å². The van der Waals surface area contributed by atoms with Crippen LogP contribution in [0.2, 0.25) is 0 Å². The summed E-state index contributed by atoms with van der Waals surface area (Å²) in [5, 5.41) is 11.5. The Balaban J connectivity index is 1.76. The van der Waals surface area contributed by atoms with Gasteiger partial charge >= 0.3 is 0 Å². The molecular formula is C18H21N3O4S. The van der Waals surface area contributed by atoms with Crippen LogP contribution < -0.4 is 5.32 Å². The number of ether oxygens (including phenoxy) is 1. The minimum atomic E-state index is -3.56. The van der Waals surface area contributed by atoms with Crippen LogP contribution in [0.3, 0.4) is 0 Å². The number of nitrogens with one attached hydrogen (secondary N) is 1. The Kier molecular flexibility index (Phi) is 5.30.